The SMILES string of the molecule is CC1=CC1(O)CCCN. The molecule has 0 aromatic rings. The van der Waals surface area contributed by atoms with Crippen LogP contribution in [0, 0.1) is 0 Å². The van der Waals surface area contributed by atoms with Gasteiger partial charge < -0.3 is 10.8 Å². The first kappa shape index (κ1) is 6.78. The van der Waals surface area contributed by atoms with E-state index in [0.717, 1.165) is 18.4 Å². The van der Waals surface area contributed by atoms with Gasteiger partial charge in [-0.3, -0.25) is 0 Å². The van der Waals surface area contributed by atoms with E-state index in [2.05, 4.69) is 0 Å². The molecule has 9 heavy (non-hydrogen) atoms. The van der Waals surface area contributed by atoms with E-state index in [9.17, 15) is 5.11 Å². The van der Waals surface area contributed by atoms with Gasteiger partial charge in [-0.05, 0) is 38.0 Å². The Labute approximate surface area is 55.4 Å². The molecule has 3 N–H and O–H groups in total. The van der Waals surface area contributed by atoms with Gasteiger partial charge in [-0.1, -0.05) is 0 Å². The Balaban J connectivity index is 2.16. The topological polar surface area (TPSA) is 46.2 Å². The number of rotatable bonds is 3. The Kier molecular flexibility index (Phi) is 1.60. The van der Waals surface area contributed by atoms with Crippen molar-refractivity contribution in [2.45, 2.75) is 25.4 Å². The molecular weight excluding hydrogens is 114 g/mol. The predicted octanol–water partition coefficient (Wildman–Crippen LogP) is 0.416. The number of hydrogen-bond acceptors (Lipinski definition) is 2. The van der Waals surface area contributed by atoms with Crippen molar-refractivity contribution in [2.75, 3.05) is 6.54 Å². The Hall–Kier alpha value is -0.340. The number of hydrogen-bond donors (Lipinski definition) is 2. The van der Waals surface area contributed by atoms with E-state index in [0.29, 0.717) is 6.54 Å². The monoisotopic (exact) mass is 127 g/mol. The van der Waals surface area contributed by atoms with E-state index < -0.39 is 5.60 Å². The summed E-state index contributed by atoms with van der Waals surface area (Å²) in [6, 6.07) is 0. The molecule has 1 rings (SSSR count). The molecule has 1 aliphatic rings. The summed E-state index contributed by atoms with van der Waals surface area (Å²) in [5.41, 5.74) is 5.84. The van der Waals surface area contributed by atoms with Crippen molar-refractivity contribution >= 4 is 0 Å². The van der Waals surface area contributed by atoms with Crippen LogP contribution in [0.4, 0.5) is 0 Å². The number of nitrogens with two attached hydrogens (primary N) is 1. The van der Waals surface area contributed by atoms with Gasteiger partial charge in [0.25, 0.3) is 0 Å². The highest BCUT2D eigenvalue weighted by atomic mass is 16.3. The minimum Gasteiger partial charge on any atom is -0.381 e. The molecular formula is C7H13NO. The molecule has 52 valence electrons. The van der Waals surface area contributed by atoms with E-state index >= 15 is 0 Å². The average Bonchev–Trinajstić information content (AvgIpc) is 2.38. The lowest BCUT2D eigenvalue weighted by Gasteiger charge is -2.07. The first-order chi connectivity index (χ1) is 4.19. The highest BCUT2D eigenvalue weighted by Crippen LogP contribution is 2.37. The Morgan fingerprint density at radius 2 is 2.33 bits per heavy atom. The minimum absolute atomic E-state index is 0.528. The lowest BCUT2D eigenvalue weighted by Crippen LogP contribution is -2.13. The Bertz CT molecular complexity index is 142. The lowest BCUT2D eigenvalue weighted by atomic mass is 10.1. The fraction of sp³-hybridized carbons (Fsp3) is 0.714. The van der Waals surface area contributed by atoms with Gasteiger partial charge in [0.2, 0.25) is 0 Å². The van der Waals surface area contributed by atoms with Gasteiger partial charge >= 0.3 is 0 Å². The maximum atomic E-state index is 9.38. The quantitative estimate of drug-likeness (QED) is 0.539. The average molecular weight is 127 g/mol. The van der Waals surface area contributed by atoms with Gasteiger partial charge in [-0.25, -0.2) is 0 Å². The second-order valence-electron chi connectivity index (χ2n) is 2.64. The minimum atomic E-state index is -0.528. The van der Waals surface area contributed by atoms with Crippen molar-refractivity contribution in [3.8, 4) is 0 Å². The van der Waals surface area contributed by atoms with Crippen LogP contribution in [-0.2, 0) is 0 Å². The van der Waals surface area contributed by atoms with Crippen LogP contribution in [0.25, 0.3) is 0 Å². The van der Waals surface area contributed by atoms with Crippen LogP contribution >= 0.6 is 0 Å². The zero-order valence-corrected chi connectivity index (χ0v) is 5.72. The normalized spacial score (nSPS) is 32.1. The van der Waals surface area contributed by atoms with Crippen molar-refractivity contribution in [1.29, 1.82) is 0 Å². The van der Waals surface area contributed by atoms with Crippen LogP contribution in [0.15, 0.2) is 11.6 Å². The molecule has 1 aliphatic carbocycles. The third-order valence-electron chi connectivity index (χ3n) is 1.82. The molecule has 0 fully saturated rings. The van der Waals surface area contributed by atoms with Gasteiger partial charge in [-0.2, -0.15) is 0 Å². The fourth-order valence-electron chi connectivity index (χ4n) is 0.963. The van der Waals surface area contributed by atoms with Crippen LogP contribution in [0.1, 0.15) is 19.8 Å². The molecule has 2 heteroatoms. The third kappa shape index (κ3) is 1.32. The summed E-state index contributed by atoms with van der Waals surface area (Å²) in [4.78, 5) is 0. The van der Waals surface area contributed by atoms with E-state index in [-0.39, 0.29) is 0 Å². The molecule has 0 saturated heterocycles. The fourth-order valence-corrected chi connectivity index (χ4v) is 0.963. The van der Waals surface area contributed by atoms with Crippen molar-refractivity contribution in [2.24, 2.45) is 5.73 Å². The molecule has 0 bridgehead atoms. The van der Waals surface area contributed by atoms with Gasteiger partial charge in [0.15, 0.2) is 0 Å². The van der Waals surface area contributed by atoms with Gasteiger partial charge in [-0.15, -0.1) is 0 Å². The summed E-state index contributed by atoms with van der Waals surface area (Å²) in [5.74, 6) is 0. The van der Waals surface area contributed by atoms with Gasteiger partial charge in [0, 0.05) is 0 Å². The van der Waals surface area contributed by atoms with E-state index in [1.807, 2.05) is 13.0 Å². The summed E-state index contributed by atoms with van der Waals surface area (Å²) in [7, 11) is 0. The van der Waals surface area contributed by atoms with Crippen molar-refractivity contribution in [3.63, 3.8) is 0 Å². The molecule has 0 aromatic carbocycles. The zero-order chi connectivity index (χ0) is 6.91. The highest BCUT2D eigenvalue weighted by Gasteiger charge is 2.37. The van der Waals surface area contributed by atoms with Crippen molar-refractivity contribution < 1.29 is 5.11 Å². The maximum Gasteiger partial charge on any atom is 0.104 e. The van der Waals surface area contributed by atoms with Crippen molar-refractivity contribution in [1.82, 2.24) is 0 Å². The molecule has 0 heterocycles. The van der Waals surface area contributed by atoms with Crippen LogP contribution in [0.2, 0.25) is 0 Å². The Morgan fingerprint density at radius 3 is 2.67 bits per heavy atom. The third-order valence-corrected chi connectivity index (χ3v) is 1.82. The molecule has 0 radical (unpaired) electrons. The number of aliphatic hydroxyl groups is 1. The summed E-state index contributed by atoms with van der Waals surface area (Å²) in [6.45, 7) is 2.61. The summed E-state index contributed by atoms with van der Waals surface area (Å²) in [6.07, 6.45) is 3.59. The van der Waals surface area contributed by atoms with Crippen molar-refractivity contribution in [3.05, 3.63) is 11.6 Å². The molecule has 0 amide bonds. The molecule has 1 atom stereocenters. The van der Waals surface area contributed by atoms with E-state index in [1.54, 1.807) is 0 Å². The second kappa shape index (κ2) is 2.12. The maximum absolute atomic E-state index is 9.38. The summed E-state index contributed by atoms with van der Waals surface area (Å²) in [5, 5.41) is 9.38. The molecule has 0 aliphatic heterocycles. The largest absolute Gasteiger partial charge is 0.381 e. The second-order valence-corrected chi connectivity index (χ2v) is 2.64. The van der Waals surface area contributed by atoms with Crippen LogP contribution in [0.3, 0.4) is 0 Å². The smallest absolute Gasteiger partial charge is 0.104 e. The van der Waals surface area contributed by atoms with Crippen LogP contribution in [-0.4, -0.2) is 17.3 Å². The highest BCUT2D eigenvalue weighted by molar-refractivity contribution is 5.39. The zero-order valence-electron chi connectivity index (χ0n) is 5.72. The molecule has 0 aromatic heterocycles. The molecule has 1 unspecified atom stereocenters. The lowest BCUT2D eigenvalue weighted by molar-refractivity contribution is 0.158. The standard InChI is InChI=1S/C7H13NO/c1-6-5-7(6,9)3-2-4-8/h5,9H,2-4,8H2,1H3. The molecule has 2 nitrogen and oxygen atoms in total. The summed E-state index contributed by atoms with van der Waals surface area (Å²) >= 11 is 0. The van der Waals surface area contributed by atoms with E-state index in [4.69, 9.17) is 5.73 Å². The molecule has 0 spiro atoms. The van der Waals surface area contributed by atoms with Gasteiger partial charge in [0.1, 0.15) is 5.60 Å². The molecule has 0 saturated carbocycles. The predicted molar refractivity (Wildman–Crippen MR) is 37.0 cm³/mol. The van der Waals surface area contributed by atoms with Crippen LogP contribution in [0.5, 0.6) is 0 Å². The first-order valence-electron chi connectivity index (χ1n) is 3.31. The van der Waals surface area contributed by atoms with E-state index in [1.165, 1.54) is 0 Å². The first-order valence-corrected chi connectivity index (χ1v) is 3.31. The summed E-state index contributed by atoms with van der Waals surface area (Å²) < 4.78 is 0. The van der Waals surface area contributed by atoms with Crippen LogP contribution < -0.4 is 5.73 Å². The van der Waals surface area contributed by atoms with Gasteiger partial charge in [0.05, 0.1) is 0 Å². The Morgan fingerprint density at radius 1 is 1.78 bits per heavy atom.